The number of hydrogen-bond acceptors (Lipinski definition) is 2. The zero-order valence-corrected chi connectivity index (χ0v) is 10.8. The molecule has 0 aromatic rings. The quantitative estimate of drug-likeness (QED) is 0.356. The third-order valence-electron chi connectivity index (χ3n) is 3.32. The van der Waals surface area contributed by atoms with Crippen molar-refractivity contribution in [3.05, 3.63) is 0 Å². The highest BCUT2D eigenvalue weighted by Crippen LogP contribution is 2.33. The molecule has 1 N–H and O–H groups in total. The Morgan fingerprint density at radius 3 is 1.80 bits per heavy atom. The second-order valence-electron chi connectivity index (χ2n) is 4.67. The lowest BCUT2D eigenvalue weighted by Crippen LogP contribution is -2.27. The monoisotopic (exact) mass is 213 g/mol. The third-order valence-corrected chi connectivity index (χ3v) is 3.32. The lowest BCUT2D eigenvalue weighted by Gasteiger charge is -2.30. The minimum absolute atomic E-state index is 0.121. The molecule has 0 aliphatic rings. The molecule has 0 radical (unpaired) electrons. The van der Waals surface area contributed by atoms with Gasteiger partial charge >= 0.3 is 0 Å². The van der Waals surface area contributed by atoms with Crippen LogP contribution >= 0.6 is 0 Å². The second-order valence-corrected chi connectivity index (χ2v) is 4.67. The van der Waals surface area contributed by atoms with Crippen LogP contribution in [-0.4, -0.2) is 10.9 Å². The predicted molar refractivity (Wildman–Crippen MR) is 66.7 cm³/mol. The Morgan fingerprint density at radius 2 is 1.53 bits per heavy atom. The minimum Gasteiger partial charge on any atom is -0.411 e. The zero-order valence-electron chi connectivity index (χ0n) is 10.8. The SMILES string of the molecule is CCCCC(C)(CCCC)C(CC)=NO. The van der Waals surface area contributed by atoms with Crippen LogP contribution in [0.1, 0.15) is 72.6 Å². The molecule has 0 saturated carbocycles. The van der Waals surface area contributed by atoms with Crippen molar-refractivity contribution in [3.8, 4) is 0 Å². The van der Waals surface area contributed by atoms with Crippen molar-refractivity contribution in [3.63, 3.8) is 0 Å². The maximum atomic E-state index is 9.05. The molecule has 0 heterocycles. The Kier molecular flexibility index (Phi) is 7.45. The molecule has 0 aliphatic carbocycles. The van der Waals surface area contributed by atoms with Gasteiger partial charge in [-0.15, -0.1) is 0 Å². The lowest BCUT2D eigenvalue weighted by molar-refractivity contribution is 0.291. The summed E-state index contributed by atoms with van der Waals surface area (Å²) in [7, 11) is 0. The van der Waals surface area contributed by atoms with E-state index in [4.69, 9.17) is 5.21 Å². The molecule has 0 aliphatic heterocycles. The number of unbranched alkanes of at least 4 members (excludes halogenated alkanes) is 2. The maximum absolute atomic E-state index is 9.05. The van der Waals surface area contributed by atoms with Crippen molar-refractivity contribution in [2.45, 2.75) is 72.6 Å². The van der Waals surface area contributed by atoms with Gasteiger partial charge in [0.15, 0.2) is 0 Å². The van der Waals surface area contributed by atoms with Gasteiger partial charge in [-0.25, -0.2) is 0 Å². The lowest BCUT2D eigenvalue weighted by atomic mass is 9.75. The number of hydrogen-bond donors (Lipinski definition) is 1. The van der Waals surface area contributed by atoms with Gasteiger partial charge in [-0.2, -0.15) is 0 Å². The normalized spacial score (nSPS) is 13.2. The fourth-order valence-electron chi connectivity index (χ4n) is 2.17. The Hall–Kier alpha value is -0.530. The van der Waals surface area contributed by atoms with E-state index in [9.17, 15) is 0 Å². The highest BCUT2D eigenvalue weighted by Gasteiger charge is 2.28. The summed E-state index contributed by atoms with van der Waals surface area (Å²) >= 11 is 0. The summed E-state index contributed by atoms with van der Waals surface area (Å²) in [4.78, 5) is 0. The van der Waals surface area contributed by atoms with E-state index in [0.717, 1.165) is 25.0 Å². The number of nitrogens with zero attached hydrogens (tertiary/aromatic N) is 1. The average molecular weight is 213 g/mol. The van der Waals surface area contributed by atoms with Gasteiger partial charge in [-0.3, -0.25) is 0 Å². The Balaban J connectivity index is 4.51. The summed E-state index contributed by atoms with van der Waals surface area (Å²) in [5.41, 5.74) is 1.10. The summed E-state index contributed by atoms with van der Waals surface area (Å²) in [6.07, 6.45) is 8.03. The average Bonchev–Trinajstić information content (AvgIpc) is 2.25. The van der Waals surface area contributed by atoms with Gasteiger partial charge in [0.2, 0.25) is 0 Å². The van der Waals surface area contributed by atoms with Crippen molar-refractivity contribution in [1.29, 1.82) is 0 Å². The van der Waals surface area contributed by atoms with Gasteiger partial charge in [0.25, 0.3) is 0 Å². The first-order chi connectivity index (χ1) is 7.14. The second kappa shape index (κ2) is 7.72. The van der Waals surface area contributed by atoms with E-state index in [-0.39, 0.29) is 5.41 Å². The molecule has 2 heteroatoms. The summed E-state index contributed by atoms with van der Waals surface area (Å²) in [6, 6.07) is 0. The third kappa shape index (κ3) is 4.67. The molecule has 0 atom stereocenters. The van der Waals surface area contributed by atoms with E-state index in [1.54, 1.807) is 0 Å². The molecular weight excluding hydrogens is 186 g/mol. The number of rotatable bonds is 8. The van der Waals surface area contributed by atoms with Crippen molar-refractivity contribution in [2.24, 2.45) is 10.6 Å². The molecule has 0 aromatic carbocycles. The summed E-state index contributed by atoms with van der Waals surface area (Å²) in [5, 5.41) is 12.5. The van der Waals surface area contributed by atoms with Crippen LogP contribution in [0.2, 0.25) is 0 Å². The zero-order chi connectivity index (χ0) is 11.7. The summed E-state index contributed by atoms with van der Waals surface area (Å²) in [5.74, 6) is 0. The van der Waals surface area contributed by atoms with E-state index < -0.39 is 0 Å². The Bertz CT molecular complexity index is 179. The van der Waals surface area contributed by atoms with Gasteiger partial charge in [-0.05, 0) is 19.3 Å². The number of oxime groups is 1. The molecule has 0 fully saturated rings. The van der Waals surface area contributed by atoms with Crippen LogP contribution in [0.15, 0.2) is 5.16 Å². The molecule has 0 bridgehead atoms. The predicted octanol–water partition coefficient (Wildman–Crippen LogP) is 4.61. The van der Waals surface area contributed by atoms with Crippen LogP contribution in [0.5, 0.6) is 0 Å². The van der Waals surface area contributed by atoms with Crippen LogP contribution in [0, 0.1) is 5.41 Å². The Morgan fingerprint density at radius 1 is 1.07 bits per heavy atom. The van der Waals surface area contributed by atoms with Gasteiger partial charge in [0.05, 0.1) is 5.71 Å². The molecule has 0 spiro atoms. The summed E-state index contributed by atoms with van der Waals surface area (Å²) < 4.78 is 0. The van der Waals surface area contributed by atoms with Gasteiger partial charge in [0, 0.05) is 5.41 Å². The smallest absolute Gasteiger partial charge is 0.0626 e. The molecule has 0 aromatic heterocycles. The highest BCUT2D eigenvalue weighted by molar-refractivity contribution is 5.89. The first-order valence-electron chi connectivity index (χ1n) is 6.36. The molecule has 0 rings (SSSR count). The molecule has 15 heavy (non-hydrogen) atoms. The first-order valence-corrected chi connectivity index (χ1v) is 6.36. The largest absolute Gasteiger partial charge is 0.411 e. The standard InChI is InChI=1S/C13H27NO/c1-5-8-10-13(4,11-9-6-2)12(7-3)14-15/h15H,5-11H2,1-4H3. The molecule has 0 saturated heterocycles. The fraction of sp³-hybridized carbons (Fsp3) is 0.923. The van der Waals surface area contributed by atoms with Crippen molar-refractivity contribution < 1.29 is 5.21 Å². The molecular formula is C13H27NO. The topological polar surface area (TPSA) is 32.6 Å². The van der Waals surface area contributed by atoms with Gasteiger partial charge < -0.3 is 5.21 Å². The molecule has 0 amide bonds. The van der Waals surface area contributed by atoms with Crippen molar-refractivity contribution in [2.75, 3.05) is 0 Å². The van der Waals surface area contributed by atoms with E-state index in [2.05, 4.69) is 32.9 Å². The van der Waals surface area contributed by atoms with Crippen LogP contribution < -0.4 is 0 Å². The van der Waals surface area contributed by atoms with E-state index in [0.29, 0.717) is 0 Å². The van der Waals surface area contributed by atoms with Crippen LogP contribution in [0.4, 0.5) is 0 Å². The Labute approximate surface area is 94.8 Å². The molecule has 2 nitrogen and oxygen atoms in total. The van der Waals surface area contributed by atoms with Crippen LogP contribution in [0.3, 0.4) is 0 Å². The minimum atomic E-state index is 0.121. The van der Waals surface area contributed by atoms with E-state index in [1.165, 1.54) is 25.7 Å². The maximum Gasteiger partial charge on any atom is 0.0626 e. The highest BCUT2D eigenvalue weighted by atomic mass is 16.4. The van der Waals surface area contributed by atoms with Gasteiger partial charge in [-0.1, -0.05) is 58.5 Å². The van der Waals surface area contributed by atoms with Gasteiger partial charge in [0.1, 0.15) is 0 Å². The molecule has 90 valence electrons. The van der Waals surface area contributed by atoms with Crippen molar-refractivity contribution in [1.82, 2.24) is 0 Å². The van der Waals surface area contributed by atoms with Crippen LogP contribution in [0.25, 0.3) is 0 Å². The molecule has 0 unspecified atom stereocenters. The first kappa shape index (κ1) is 14.5. The van der Waals surface area contributed by atoms with E-state index in [1.807, 2.05) is 0 Å². The summed E-state index contributed by atoms with van der Waals surface area (Å²) in [6.45, 7) is 8.74. The van der Waals surface area contributed by atoms with Crippen LogP contribution in [-0.2, 0) is 0 Å². The van der Waals surface area contributed by atoms with Crippen molar-refractivity contribution >= 4 is 5.71 Å². The van der Waals surface area contributed by atoms with E-state index >= 15 is 0 Å². The fourth-order valence-corrected chi connectivity index (χ4v) is 2.17.